The van der Waals surface area contributed by atoms with Gasteiger partial charge in [-0.15, -0.1) is 0 Å². The van der Waals surface area contributed by atoms with Crippen LogP contribution < -0.4 is 4.74 Å². The van der Waals surface area contributed by atoms with Crippen LogP contribution in [-0.2, 0) is 6.42 Å². The zero-order chi connectivity index (χ0) is 26.3. The zero-order valence-electron chi connectivity index (χ0n) is 21.4. The molecule has 4 aromatic carbocycles. The van der Waals surface area contributed by atoms with Crippen LogP contribution in [0.3, 0.4) is 0 Å². The van der Waals surface area contributed by atoms with Crippen molar-refractivity contribution >= 4 is 32.6 Å². The molecule has 5 rings (SSSR count). The van der Waals surface area contributed by atoms with E-state index in [-0.39, 0.29) is 0 Å². The highest BCUT2D eigenvalue weighted by Gasteiger charge is 2.20. The predicted molar refractivity (Wildman–Crippen MR) is 146 cm³/mol. The molecule has 0 aliphatic carbocycles. The number of hydrogen-bond acceptors (Lipinski definition) is 5. The number of aromatic amines is 1. The Labute approximate surface area is 215 Å². The summed E-state index contributed by atoms with van der Waals surface area (Å²) in [5.74, 6) is 1.67. The Hall–Kier alpha value is -4.39. The molecule has 0 aliphatic rings. The quantitative estimate of drug-likeness (QED) is 0.261. The van der Waals surface area contributed by atoms with Gasteiger partial charge in [0.2, 0.25) is 0 Å². The van der Waals surface area contributed by atoms with Crippen molar-refractivity contribution in [1.82, 2.24) is 9.97 Å². The highest BCUT2D eigenvalue weighted by Crippen LogP contribution is 2.38. The van der Waals surface area contributed by atoms with E-state index in [2.05, 4.69) is 37.0 Å². The Morgan fingerprint density at radius 2 is 1.62 bits per heavy atom. The lowest BCUT2D eigenvalue weighted by Gasteiger charge is -2.18. The molecule has 0 fully saturated rings. The number of imidazole rings is 1. The van der Waals surface area contributed by atoms with Gasteiger partial charge in [-0.2, -0.15) is 10.5 Å². The van der Waals surface area contributed by atoms with Gasteiger partial charge < -0.3 is 14.8 Å². The van der Waals surface area contributed by atoms with Gasteiger partial charge in [-0.3, -0.25) is 0 Å². The maximum atomic E-state index is 10.4. The number of ether oxygens (including phenoxy) is 1. The molecule has 2 N–H and O–H groups in total. The molecular weight excluding hydrogens is 460 g/mol. The van der Waals surface area contributed by atoms with Crippen LogP contribution in [0.2, 0.25) is 0 Å². The monoisotopic (exact) mass is 488 g/mol. The van der Waals surface area contributed by atoms with Gasteiger partial charge in [-0.25, -0.2) is 4.98 Å². The van der Waals surface area contributed by atoms with E-state index in [1.165, 1.54) is 0 Å². The van der Waals surface area contributed by atoms with Gasteiger partial charge in [0.05, 0.1) is 52.1 Å². The number of aromatic nitrogens is 2. The zero-order valence-corrected chi connectivity index (χ0v) is 21.4. The Balaban J connectivity index is 1.83. The van der Waals surface area contributed by atoms with Crippen LogP contribution in [0.15, 0.2) is 54.6 Å². The van der Waals surface area contributed by atoms with Crippen molar-refractivity contribution < 1.29 is 9.84 Å². The molecule has 37 heavy (non-hydrogen) atoms. The second-order valence-electron chi connectivity index (χ2n) is 10.5. The maximum Gasteiger partial charge on any atom is 0.141 e. The molecule has 6 nitrogen and oxygen atoms in total. The van der Waals surface area contributed by atoms with Crippen LogP contribution in [0.1, 0.15) is 44.4 Å². The van der Waals surface area contributed by atoms with Gasteiger partial charge >= 0.3 is 0 Å². The predicted octanol–water partition coefficient (Wildman–Crippen LogP) is 6.63. The fourth-order valence-corrected chi connectivity index (χ4v) is 4.82. The SMILES string of the molecule is CC(C)COc1ccc2c(c1)c1cc(CC(C)(C)O)ccc1c1[nH]c(-c3c(C#N)cccc3C#N)nc21. The summed E-state index contributed by atoms with van der Waals surface area (Å²) in [6.45, 7) is 8.45. The van der Waals surface area contributed by atoms with Gasteiger partial charge in [-0.05, 0) is 66.4 Å². The minimum atomic E-state index is -0.838. The van der Waals surface area contributed by atoms with E-state index in [1.807, 2.05) is 30.3 Å². The molecule has 1 heterocycles. The van der Waals surface area contributed by atoms with Crippen molar-refractivity contribution in [2.75, 3.05) is 6.61 Å². The molecule has 0 amide bonds. The first-order chi connectivity index (χ1) is 17.7. The number of benzene rings is 4. The lowest BCUT2D eigenvalue weighted by atomic mass is 9.93. The third kappa shape index (κ3) is 4.60. The smallest absolute Gasteiger partial charge is 0.141 e. The number of nitriles is 2. The molecule has 0 saturated heterocycles. The molecule has 0 spiro atoms. The second-order valence-corrected chi connectivity index (χ2v) is 10.5. The van der Waals surface area contributed by atoms with E-state index in [4.69, 9.17) is 9.72 Å². The number of nitrogens with one attached hydrogen (secondary N) is 1. The summed E-state index contributed by atoms with van der Waals surface area (Å²) in [5.41, 5.74) is 3.07. The highest BCUT2D eigenvalue weighted by atomic mass is 16.5. The van der Waals surface area contributed by atoms with Gasteiger partial charge in [0.1, 0.15) is 11.6 Å². The molecule has 0 bridgehead atoms. The third-order valence-corrected chi connectivity index (χ3v) is 6.36. The average molecular weight is 489 g/mol. The first kappa shape index (κ1) is 24.3. The van der Waals surface area contributed by atoms with Crippen LogP contribution in [0, 0.1) is 28.6 Å². The fraction of sp³-hybridized carbons (Fsp3) is 0.258. The van der Waals surface area contributed by atoms with E-state index in [0.717, 1.165) is 43.9 Å². The number of aliphatic hydroxyl groups is 1. The Kier molecular flexibility index (Phi) is 6.07. The maximum absolute atomic E-state index is 10.4. The minimum absolute atomic E-state index is 0.392. The van der Waals surface area contributed by atoms with Crippen molar-refractivity contribution in [2.24, 2.45) is 5.92 Å². The Morgan fingerprint density at radius 1 is 0.946 bits per heavy atom. The van der Waals surface area contributed by atoms with Gasteiger partial charge in [-0.1, -0.05) is 38.1 Å². The number of nitrogens with zero attached hydrogens (tertiary/aromatic N) is 3. The first-order valence-electron chi connectivity index (χ1n) is 12.4. The average Bonchev–Trinajstić information content (AvgIpc) is 3.31. The van der Waals surface area contributed by atoms with Crippen molar-refractivity contribution in [3.05, 3.63) is 71.3 Å². The molecular formula is C31H28N4O2. The molecule has 0 aliphatic heterocycles. The number of H-pyrrole nitrogens is 1. The van der Waals surface area contributed by atoms with Crippen LogP contribution in [-0.4, -0.2) is 27.3 Å². The normalized spacial score (nSPS) is 11.8. The highest BCUT2D eigenvalue weighted by molar-refractivity contribution is 6.24. The Morgan fingerprint density at radius 3 is 2.27 bits per heavy atom. The lowest BCUT2D eigenvalue weighted by Crippen LogP contribution is -2.21. The van der Waals surface area contributed by atoms with E-state index in [9.17, 15) is 15.6 Å². The molecule has 0 unspecified atom stereocenters. The van der Waals surface area contributed by atoms with Crippen molar-refractivity contribution in [2.45, 2.75) is 39.7 Å². The van der Waals surface area contributed by atoms with Crippen LogP contribution in [0.5, 0.6) is 5.75 Å². The standard InChI is InChI=1S/C31H28N4O2/c1-18(2)17-37-22-9-11-24-26(13-22)25-12-19(14-31(3,4)36)8-10-23(25)28-29(24)35-30(34-28)27-20(15-32)6-5-7-21(27)16-33/h5-13,18,36H,14,17H2,1-4H3,(H,34,35). The fourth-order valence-electron chi connectivity index (χ4n) is 4.82. The summed E-state index contributed by atoms with van der Waals surface area (Å²) >= 11 is 0. The second kappa shape index (κ2) is 9.24. The van der Waals surface area contributed by atoms with Crippen molar-refractivity contribution in [1.29, 1.82) is 10.5 Å². The molecule has 1 aromatic heterocycles. The molecule has 184 valence electrons. The summed E-state index contributed by atoms with van der Waals surface area (Å²) in [6, 6.07) is 21.7. The van der Waals surface area contributed by atoms with Crippen LogP contribution in [0.25, 0.3) is 44.0 Å². The summed E-state index contributed by atoms with van der Waals surface area (Å²) < 4.78 is 6.04. The van der Waals surface area contributed by atoms with Gasteiger partial charge in [0.25, 0.3) is 0 Å². The largest absolute Gasteiger partial charge is 0.493 e. The molecule has 0 atom stereocenters. The van der Waals surface area contributed by atoms with Crippen molar-refractivity contribution in [3.8, 4) is 29.3 Å². The number of fused-ring (bicyclic) bond motifs is 6. The lowest BCUT2D eigenvalue weighted by molar-refractivity contribution is 0.0810. The molecule has 5 aromatic rings. The van der Waals surface area contributed by atoms with E-state index < -0.39 is 5.60 Å². The van der Waals surface area contributed by atoms with E-state index in [0.29, 0.717) is 41.5 Å². The van der Waals surface area contributed by atoms with E-state index >= 15 is 0 Å². The third-order valence-electron chi connectivity index (χ3n) is 6.36. The van der Waals surface area contributed by atoms with Crippen LogP contribution >= 0.6 is 0 Å². The number of rotatable bonds is 6. The molecule has 0 saturated carbocycles. The van der Waals surface area contributed by atoms with E-state index in [1.54, 1.807) is 32.0 Å². The molecule has 6 heteroatoms. The molecule has 0 radical (unpaired) electrons. The summed E-state index contributed by atoms with van der Waals surface area (Å²) in [7, 11) is 0. The summed E-state index contributed by atoms with van der Waals surface area (Å²) in [4.78, 5) is 8.35. The van der Waals surface area contributed by atoms with Gasteiger partial charge in [0.15, 0.2) is 0 Å². The van der Waals surface area contributed by atoms with Crippen LogP contribution in [0.4, 0.5) is 0 Å². The van der Waals surface area contributed by atoms with Gasteiger partial charge in [0, 0.05) is 17.2 Å². The topological polar surface area (TPSA) is 106 Å². The first-order valence-corrected chi connectivity index (χ1v) is 12.4. The summed E-state index contributed by atoms with van der Waals surface area (Å²) in [6.07, 6.45) is 0.515. The summed E-state index contributed by atoms with van der Waals surface area (Å²) in [5, 5.41) is 33.8. The Bertz CT molecular complexity index is 1710. The number of hydrogen-bond donors (Lipinski definition) is 2. The minimum Gasteiger partial charge on any atom is -0.493 e. The van der Waals surface area contributed by atoms with Crippen molar-refractivity contribution in [3.63, 3.8) is 0 Å².